The Balaban J connectivity index is 3.09. The maximum Gasteiger partial charge on any atom is 0.205 e. The summed E-state index contributed by atoms with van der Waals surface area (Å²) in [6, 6.07) is 0. The van der Waals surface area contributed by atoms with Crippen LogP contribution in [0.5, 0.6) is 0 Å². The first-order chi connectivity index (χ1) is 7.81. The van der Waals surface area contributed by atoms with Crippen LogP contribution < -0.4 is 0 Å². The largest absolute Gasteiger partial charge is 0.382 e. The molecule has 0 aromatic rings. The minimum atomic E-state index is 0.0267. The lowest BCUT2D eigenvalue weighted by atomic mass is 10.2. The second-order valence-electron chi connectivity index (χ2n) is 3.42. The lowest BCUT2D eigenvalue weighted by molar-refractivity contribution is -0.113. The Bertz CT molecular complexity index is 225. The van der Waals surface area contributed by atoms with Gasteiger partial charge in [0.25, 0.3) is 0 Å². The fourth-order valence-electron chi connectivity index (χ4n) is 1.20. The van der Waals surface area contributed by atoms with Crippen molar-refractivity contribution in [2.24, 2.45) is 0 Å². The fourth-order valence-corrected chi connectivity index (χ4v) is 1.20. The van der Waals surface area contributed by atoms with Gasteiger partial charge in [-0.25, -0.2) is 0 Å². The molecule has 92 valence electrons. The Labute approximate surface area is 98.5 Å². The Hall–Kier alpha value is -0.850. The highest BCUT2D eigenvalue weighted by molar-refractivity contribution is 5.95. The van der Waals surface area contributed by atoms with Gasteiger partial charge < -0.3 is 9.47 Å². The Morgan fingerprint density at radius 3 is 2.44 bits per heavy atom. The van der Waals surface area contributed by atoms with Crippen LogP contribution in [0.2, 0.25) is 0 Å². The molecule has 0 fully saturated rings. The Morgan fingerprint density at radius 1 is 1.06 bits per heavy atom. The van der Waals surface area contributed by atoms with Gasteiger partial charge in [-0.15, -0.1) is 0 Å². The molecule has 3 nitrogen and oxygen atoms in total. The summed E-state index contributed by atoms with van der Waals surface area (Å²) in [7, 11) is 0. The third kappa shape index (κ3) is 11.2. The van der Waals surface area contributed by atoms with Crippen molar-refractivity contribution in [2.75, 3.05) is 26.4 Å². The van der Waals surface area contributed by atoms with Gasteiger partial charge in [-0.3, -0.25) is 4.79 Å². The zero-order valence-electron chi connectivity index (χ0n) is 10.4. The average Bonchev–Trinajstić information content (AvgIpc) is 2.27. The monoisotopic (exact) mass is 226 g/mol. The third-order valence-corrected chi connectivity index (χ3v) is 1.99. The third-order valence-electron chi connectivity index (χ3n) is 1.99. The maximum atomic E-state index is 11.0. The zero-order valence-corrected chi connectivity index (χ0v) is 10.4. The summed E-state index contributed by atoms with van der Waals surface area (Å²) in [5.41, 5.74) is 0. The van der Waals surface area contributed by atoms with Gasteiger partial charge in [0.05, 0.1) is 0 Å². The van der Waals surface area contributed by atoms with E-state index >= 15 is 0 Å². The van der Waals surface area contributed by atoms with Crippen LogP contribution in [0.3, 0.4) is 0 Å². The highest BCUT2D eigenvalue weighted by Crippen LogP contribution is 1.97. The van der Waals surface area contributed by atoms with Crippen LogP contribution in [-0.2, 0) is 14.3 Å². The van der Waals surface area contributed by atoms with Gasteiger partial charge in [0.2, 0.25) is 5.78 Å². The molecule has 0 rings (SSSR count). The van der Waals surface area contributed by atoms with Crippen molar-refractivity contribution in [3.8, 4) is 11.8 Å². The summed E-state index contributed by atoms with van der Waals surface area (Å²) in [5, 5.41) is 0. The highest BCUT2D eigenvalue weighted by Gasteiger charge is 1.96. The van der Waals surface area contributed by atoms with Crippen LogP contribution in [0, 0.1) is 11.8 Å². The average molecular weight is 226 g/mol. The number of ketones is 1. The molecule has 16 heavy (non-hydrogen) atoms. The number of ether oxygens (including phenoxy) is 2. The van der Waals surface area contributed by atoms with Crippen molar-refractivity contribution >= 4 is 5.78 Å². The molecular weight excluding hydrogens is 204 g/mol. The molecule has 0 N–H and O–H groups in total. The van der Waals surface area contributed by atoms with Crippen molar-refractivity contribution in [2.45, 2.75) is 39.5 Å². The van der Waals surface area contributed by atoms with E-state index in [1.807, 2.05) is 6.92 Å². The quantitative estimate of drug-likeness (QED) is 0.325. The van der Waals surface area contributed by atoms with Crippen LogP contribution in [0.1, 0.15) is 39.5 Å². The molecule has 0 aromatic carbocycles. The van der Waals surface area contributed by atoms with Crippen LogP contribution >= 0.6 is 0 Å². The van der Waals surface area contributed by atoms with E-state index in [1.165, 1.54) is 0 Å². The molecule has 0 aliphatic heterocycles. The van der Waals surface area contributed by atoms with Crippen molar-refractivity contribution in [1.29, 1.82) is 0 Å². The van der Waals surface area contributed by atoms with E-state index in [2.05, 4.69) is 11.8 Å². The summed E-state index contributed by atoms with van der Waals surface area (Å²) in [6.07, 6.45) is 3.27. The molecule has 0 aliphatic rings. The maximum absolute atomic E-state index is 11.0. The molecule has 0 unspecified atom stereocenters. The van der Waals surface area contributed by atoms with E-state index in [9.17, 15) is 4.79 Å². The van der Waals surface area contributed by atoms with Crippen molar-refractivity contribution in [3.05, 3.63) is 0 Å². The lowest BCUT2D eigenvalue weighted by Gasteiger charge is -2.03. The molecule has 0 saturated carbocycles. The van der Waals surface area contributed by atoms with Crippen molar-refractivity contribution in [1.82, 2.24) is 0 Å². The number of hydrogen-bond acceptors (Lipinski definition) is 3. The van der Waals surface area contributed by atoms with Crippen LogP contribution in [-0.4, -0.2) is 32.2 Å². The number of carbonyl (C=O) groups excluding carboxylic acids is 1. The van der Waals surface area contributed by atoms with Gasteiger partial charge in [-0.2, -0.15) is 0 Å². The van der Waals surface area contributed by atoms with Gasteiger partial charge in [0.15, 0.2) is 0 Å². The fraction of sp³-hybridized carbons (Fsp3) is 0.769. The van der Waals surface area contributed by atoms with Crippen molar-refractivity contribution in [3.63, 3.8) is 0 Å². The van der Waals surface area contributed by atoms with E-state index in [1.54, 1.807) is 6.92 Å². The molecule has 0 aliphatic carbocycles. The second-order valence-corrected chi connectivity index (χ2v) is 3.42. The lowest BCUT2D eigenvalue weighted by Crippen LogP contribution is -2.02. The highest BCUT2D eigenvalue weighted by atomic mass is 16.5. The van der Waals surface area contributed by atoms with Crippen LogP contribution in [0.15, 0.2) is 0 Å². The van der Waals surface area contributed by atoms with Crippen LogP contribution in [0.4, 0.5) is 0 Å². The predicted molar refractivity (Wildman–Crippen MR) is 64.2 cm³/mol. The zero-order chi connectivity index (χ0) is 12.1. The summed E-state index contributed by atoms with van der Waals surface area (Å²) >= 11 is 0. The van der Waals surface area contributed by atoms with Gasteiger partial charge in [0.1, 0.15) is 0 Å². The first-order valence-corrected chi connectivity index (χ1v) is 5.92. The van der Waals surface area contributed by atoms with Crippen molar-refractivity contribution < 1.29 is 14.3 Å². The van der Waals surface area contributed by atoms with E-state index in [0.717, 1.165) is 45.7 Å². The van der Waals surface area contributed by atoms with E-state index in [0.29, 0.717) is 6.42 Å². The Kier molecular flexibility index (Phi) is 11.6. The summed E-state index contributed by atoms with van der Waals surface area (Å²) in [4.78, 5) is 11.0. The number of Topliss-reactive ketones (excluding diaryl/α,β-unsaturated/α-hetero) is 1. The SMILES string of the molecule is CC#CC(=O)CCCCOCCCOCC. The van der Waals surface area contributed by atoms with Crippen LogP contribution in [0.25, 0.3) is 0 Å². The first-order valence-electron chi connectivity index (χ1n) is 5.92. The molecule has 0 saturated heterocycles. The Morgan fingerprint density at radius 2 is 1.75 bits per heavy atom. The summed E-state index contributed by atoms with van der Waals surface area (Å²) in [5.74, 6) is 5.15. The van der Waals surface area contributed by atoms with Gasteiger partial charge in [-0.1, -0.05) is 5.92 Å². The summed E-state index contributed by atoms with van der Waals surface area (Å²) < 4.78 is 10.6. The number of carbonyl (C=O) groups is 1. The number of rotatable bonds is 10. The van der Waals surface area contributed by atoms with Gasteiger partial charge in [-0.05, 0) is 39.0 Å². The molecule has 0 radical (unpaired) electrons. The van der Waals surface area contributed by atoms with E-state index in [4.69, 9.17) is 9.47 Å². The minimum Gasteiger partial charge on any atom is -0.382 e. The van der Waals surface area contributed by atoms with Gasteiger partial charge >= 0.3 is 0 Å². The predicted octanol–water partition coefficient (Wildman–Crippen LogP) is 2.19. The molecule has 0 amide bonds. The molecule has 0 spiro atoms. The van der Waals surface area contributed by atoms with E-state index < -0.39 is 0 Å². The first kappa shape index (κ1) is 15.2. The number of unbranched alkanes of at least 4 members (excludes halogenated alkanes) is 1. The van der Waals surface area contributed by atoms with Gasteiger partial charge in [0, 0.05) is 32.8 Å². The normalized spacial score (nSPS) is 9.62. The molecule has 0 atom stereocenters. The smallest absolute Gasteiger partial charge is 0.205 e. The molecule has 0 bridgehead atoms. The minimum absolute atomic E-state index is 0.0267. The molecular formula is C13H22O3. The standard InChI is InChI=1S/C13H22O3/c1-3-8-13(14)9-5-6-10-16-12-7-11-15-4-2/h4-7,9-12H2,1-2H3. The summed E-state index contributed by atoms with van der Waals surface area (Å²) in [6.45, 7) is 6.65. The second kappa shape index (κ2) is 12.2. The molecule has 0 heterocycles. The topological polar surface area (TPSA) is 35.5 Å². The van der Waals surface area contributed by atoms with E-state index in [-0.39, 0.29) is 5.78 Å². The molecule has 3 heteroatoms. The number of hydrogen-bond donors (Lipinski definition) is 0. The molecule has 0 aromatic heterocycles.